The van der Waals surface area contributed by atoms with Crippen molar-refractivity contribution in [3.63, 3.8) is 0 Å². The zero-order valence-corrected chi connectivity index (χ0v) is 11.2. The Kier molecular flexibility index (Phi) is 4.80. The Morgan fingerprint density at radius 1 is 1.56 bits per heavy atom. The van der Waals surface area contributed by atoms with Gasteiger partial charge in [-0.2, -0.15) is 0 Å². The van der Waals surface area contributed by atoms with Gasteiger partial charge in [0.25, 0.3) is 0 Å². The fraction of sp³-hybridized carbons (Fsp3) is 0.417. The van der Waals surface area contributed by atoms with Gasteiger partial charge in [0.15, 0.2) is 0 Å². The fourth-order valence-electron chi connectivity index (χ4n) is 1.50. The summed E-state index contributed by atoms with van der Waals surface area (Å²) in [5.41, 5.74) is 6.15. The highest BCUT2D eigenvalue weighted by atomic mass is 79.9. The van der Waals surface area contributed by atoms with Crippen molar-refractivity contribution in [2.75, 3.05) is 0 Å². The molecule has 0 radical (unpaired) electrons. The first-order chi connectivity index (χ1) is 7.54. The molecule has 1 aromatic carbocycles. The van der Waals surface area contributed by atoms with E-state index in [1.807, 2.05) is 19.1 Å². The monoisotopic (exact) mass is 284 g/mol. The van der Waals surface area contributed by atoms with Crippen molar-refractivity contribution in [1.82, 2.24) is 0 Å². The minimum atomic E-state index is 0.0278. The Hall–Kier alpha value is -1.03. The summed E-state index contributed by atoms with van der Waals surface area (Å²) in [6, 6.07) is 5.53. The zero-order valence-electron chi connectivity index (χ0n) is 9.59. The lowest BCUT2D eigenvalue weighted by atomic mass is 10.1. The molecule has 3 N–H and O–H groups in total. The molecule has 4 heteroatoms. The van der Waals surface area contributed by atoms with Gasteiger partial charge in [0.1, 0.15) is 11.6 Å². The molecule has 16 heavy (non-hydrogen) atoms. The summed E-state index contributed by atoms with van der Waals surface area (Å²) >= 11 is 3.35. The van der Waals surface area contributed by atoms with Crippen molar-refractivity contribution in [2.45, 2.75) is 32.8 Å². The van der Waals surface area contributed by atoms with Gasteiger partial charge in [0.2, 0.25) is 0 Å². The van der Waals surface area contributed by atoms with Crippen LogP contribution in [0.3, 0.4) is 0 Å². The van der Waals surface area contributed by atoms with Crippen LogP contribution in [0.1, 0.15) is 32.3 Å². The number of amidine groups is 1. The molecule has 0 aromatic heterocycles. The van der Waals surface area contributed by atoms with Crippen LogP contribution >= 0.6 is 15.9 Å². The van der Waals surface area contributed by atoms with Crippen LogP contribution in [0.25, 0.3) is 0 Å². The molecular weight excluding hydrogens is 268 g/mol. The minimum absolute atomic E-state index is 0.0278. The molecule has 0 heterocycles. The standard InChI is InChI=1S/C12H17BrN2O/c1-3-4-8(2)16-11-6-5-9(13)7-10(11)12(14)15/h5-8H,3-4H2,1-2H3,(H3,14,15). The molecule has 0 saturated carbocycles. The van der Waals surface area contributed by atoms with E-state index in [4.69, 9.17) is 15.9 Å². The summed E-state index contributed by atoms with van der Waals surface area (Å²) in [5.74, 6) is 0.705. The summed E-state index contributed by atoms with van der Waals surface area (Å²) in [4.78, 5) is 0. The summed E-state index contributed by atoms with van der Waals surface area (Å²) in [7, 11) is 0. The van der Waals surface area contributed by atoms with E-state index in [2.05, 4.69) is 22.9 Å². The normalized spacial score (nSPS) is 12.2. The van der Waals surface area contributed by atoms with Gasteiger partial charge in [-0.25, -0.2) is 0 Å². The second kappa shape index (κ2) is 5.89. The first-order valence-electron chi connectivity index (χ1n) is 5.35. The van der Waals surface area contributed by atoms with E-state index in [1.54, 1.807) is 6.07 Å². The van der Waals surface area contributed by atoms with Gasteiger partial charge in [0.05, 0.1) is 11.7 Å². The predicted molar refractivity (Wildman–Crippen MR) is 70.2 cm³/mol. The number of hydrogen-bond donors (Lipinski definition) is 2. The lowest BCUT2D eigenvalue weighted by Gasteiger charge is -2.16. The molecule has 0 aliphatic rings. The Morgan fingerprint density at radius 3 is 2.81 bits per heavy atom. The summed E-state index contributed by atoms with van der Waals surface area (Å²) in [5, 5.41) is 7.50. The van der Waals surface area contributed by atoms with Gasteiger partial charge in [-0.15, -0.1) is 0 Å². The highest BCUT2D eigenvalue weighted by Gasteiger charge is 2.10. The number of hydrogen-bond acceptors (Lipinski definition) is 2. The number of ether oxygens (including phenoxy) is 1. The molecule has 0 aliphatic carbocycles. The molecule has 0 spiro atoms. The molecule has 0 aliphatic heterocycles. The van der Waals surface area contributed by atoms with Crippen LogP contribution < -0.4 is 10.5 Å². The average molecular weight is 285 g/mol. The molecule has 1 rings (SSSR count). The van der Waals surface area contributed by atoms with E-state index in [9.17, 15) is 0 Å². The van der Waals surface area contributed by atoms with E-state index in [0.717, 1.165) is 17.3 Å². The Balaban J connectivity index is 2.90. The van der Waals surface area contributed by atoms with Gasteiger partial charge in [-0.3, -0.25) is 5.41 Å². The van der Waals surface area contributed by atoms with E-state index < -0.39 is 0 Å². The van der Waals surface area contributed by atoms with Crippen molar-refractivity contribution in [2.24, 2.45) is 5.73 Å². The summed E-state index contributed by atoms with van der Waals surface area (Å²) < 4.78 is 6.66. The fourth-order valence-corrected chi connectivity index (χ4v) is 1.86. The summed E-state index contributed by atoms with van der Waals surface area (Å²) in [6.45, 7) is 4.14. The number of nitrogens with one attached hydrogen (secondary N) is 1. The third-order valence-corrected chi connectivity index (χ3v) is 2.75. The quantitative estimate of drug-likeness (QED) is 0.644. The molecule has 1 aromatic rings. The lowest BCUT2D eigenvalue weighted by Crippen LogP contribution is -2.17. The maximum Gasteiger partial charge on any atom is 0.130 e. The molecule has 88 valence electrons. The molecule has 0 bridgehead atoms. The van der Waals surface area contributed by atoms with Crippen molar-refractivity contribution in [1.29, 1.82) is 5.41 Å². The van der Waals surface area contributed by atoms with Crippen LogP contribution in [-0.4, -0.2) is 11.9 Å². The predicted octanol–water partition coefficient (Wildman–Crippen LogP) is 3.30. The van der Waals surface area contributed by atoms with Gasteiger partial charge in [-0.05, 0) is 31.5 Å². The Morgan fingerprint density at radius 2 is 2.25 bits per heavy atom. The molecule has 1 unspecified atom stereocenters. The lowest BCUT2D eigenvalue weighted by molar-refractivity contribution is 0.209. The van der Waals surface area contributed by atoms with Gasteiger partial charge < -0.3 is 10.5 Å². The molecule has 1 atom stereocenters. The van der Waals surface area contributed by atoms with Crippen LogP contribution in [-0.2, 0) is 0 Å². The summed E-state index contributed by atoms with van der Waals surface area (Å²) in [6.07, 6.45) is 2.21. The maximum absolute atomic E-state index is 7.50. The molecule has 0 fully saturated rings. The zero-order chi connectivity index (χ0) is 12.1. The minimum Gasteiger partial charge on any atom is -0.490 e. The number of nitrogens with two attached hydrogens (primary N) is 1. The largest absolute Gasteiger partial charge is 0.490 e. The van der Waals surface area contributed by atoms with E-state index in [0.29, 0.717) is 11.3 Å². The molecule has 3 nitrogen and oxygen atoms in total. The Bertz CT molecular complexity index is 379. The van der Waals surface area contributed by atoms with Crippen molar-refractivity contribution < 1.29 is 4.74 Å². The molecule has 0 saturated heterocycles. The topological polar surface area (TPSA) is 59.1 Å². The second-order valence-electron chi connectivity index (χ2n) is 3.77. The smallest absolute Gasteiger partial charge is 0.130 e. The molecule has 0 amide bonds. The third kappa shape index (κ3) is 3.52. The number of benzene rings is 1. The van der Waals surface area contributed by atoms with Crippen molar-refractivity contribution >= 4 is 21.8 Å². The number of rotatable bonds is 5. The van der Waals surface area contributed by atoms with Crippen LogP contribution in [0, 0.1) is 5.41 Å². The number of halogens is 1. The highest BCUT2D eigenvalue weighted by molar-refractivity contribution is 9.10. The van der Waals surface area contributed by atoms with Gasteiger partial charge in [0, 0.05) is 4.47 Å². The SMILES string of the molecule is CCCC(C)Oc1ccc(Br)cc1C(=N)N. The van der Waals surface area contributed by atoms with Gasteiger partial charge in [-0.1, -0.05) is 29.3 Å². The van der Waals surface area contributed by atoms with Gasteiger partial charge >= 0.3 is 0 Å². The Labute approximate surface area is 105 Å². The second-order valence-corrected chi connectivity index (χ2v) is 4.69. The van der Waals surface area contributed by atoms with E-state index in [-0.39, 0.29) is 11.9 Å². The highest BCUT2D eigenvalue weighted by Crippen LogP contribution is 2.24. The first kappa shape index (κ1) is 13.0. The number of nitrogen functional groups attached to an aromatic ring is 1. The first-order valence-corrected chi connectivity index (χ1v) is 6.14. The van der Waals surface area contributed by atoms with Crippen LogP contribution in [0.5, 0.6) is 5.75 Å². The van der Waals surface area contributed by atoms with Crippen LogP contribution in [0.4, 0.5) is 0 Å². The third-order valence-electron chi connectivity index (χ3n) is 2.26. The van der Waals surface area contributed by atoms with E-state index >= 15 is 0 Å². The van der Waals surface area contributed by atoms with Crippen LogP contribution in [0.2, 0.25) is 0 Å². The van der Waals surface area contributed by atoms with Crippen molar-refractivity contribution in [3.8, 4) is 5.75 Å². The van der Waals surface area contributed by atoms with Crippen molar-refractivity contribution in [3.05, 3.63) is 28.2 Å². The maximum atomic E-state index is 7.50. The average Bonchev–Trinajstić information content (AvgIpc) is 2.20. The van der Waals surface area contributed by atoms with E-state index in [1.165, 1.54) is 0 Å². The molecular formula is C12H17BrN2O. The van der Waals surface area contributed by atoms with Crippen LogP contribution in [0.15, 0.2) is 22.7 Å².